The standard InChI is InChI=1S/C17H19ClN2O4S2/c1-24-13-6-4-5-12(11-13)19-17(21)14-7-2-3-10-20(14)26(22,23)16-9-8-15(18)25-16/h4-6,8-9,11,14H,2-3,7,10H2,1H3,(H,19,21)/t14-/m1/s1. The average molecular weight is 415 g/mol. The Kier molecular flexibility index (Phi) is 5.86. The van der Waals surface area contributed by atoms with Crippen molar-refractivity contribution < 1.29 is 17.9 Å². The van der Waals surface area contributed by atoms with Crippen LogP contribution in [0.3, 0.4) is 0 Å². The maximum atomic E-state index is 12.9. The number of amides is 1. The van der Waals surface area contributed by atoms with E-state index in [9.17, 15) is 13.2 Å². The number of sulfonamides is 1. The first-order chi connectivity index (χ1) is 12.4. The van der Waals surface area contributed by atoms with E-state index >= 15 is 0 Å². The molecule has 1 amide bonds. The van der Waals surface area contributed by atoms with E-state index < -0.39 is 16.1 Å². The number of nitrogens with one attached hydrogen (secondary N) is 1. The van der Waals surface area contributed by atoms with Gasteiger partial charge in [-0.25, -0.2) is 8.42 Å². The maximum Gasteiger partial charge on any atom is 0.253 e. The summed E-state index contributed by atoms with van der Waals surface area (Å²) >= 11 is 6.88. The Labute approximate surface area is 161 Å². The summed E-state index contributed by atoms with van der Waals surface area (Å²) in [5, 5.41) is 2.80. The molecule has 2 heterocycles. The lowest BCUT2D eigenvalue weighted by molar-refractivity contribution is -0.120. The summed E-state index contributed by atoms with van der Waals surface area (Å²) < 4.78 is 32.9. The lowest BCUT2D eigenvalue weighted by atomic mass is 10.0. The van der Waals surface area contributed by atoms with E-state index in [-0.39, 0.29) is 10.1 Å². The van der Waals surface area contributed by atoms with Crippen molar-refractivity contribution in [2.75, 3.05) is 19.0 Å². The second-order valence-electron chi connectivity index (χ2n) is 5.91. The van der Waals surface area contributed by atoms with Crippen LogP contribution in [0.25, 0.3) is 0 Å². The Morgan fingerprint density at radius 3 is 2.81 bits per heavy atom. The number of carbonyl (C=O) groups excluding carboxylic acids is 1. The molecule has 1 fully saturated rings. The molecule has 1 aliphatic rings. The summed E-state index contributed by atoms with van der Waals surface area (Å²) in [6.07, 6.45) is 2.00. The van der Waals surface area contributed by atoms with Gasteiger partial charge < -0.3 is 10.1 Å². The molecule has 6 nitrogen and oxygen atoms in total. The molecule has 2 aromatic rings. The fourth-order valence-electron chi connectivity index (χ4n) is 2.93. The SMILES string of the molecule is COc1cccc(NC(=O)[C@H]2CCCCN2S(=O)(=O)c2ccc(Cl)s2)c1. The number of piperidine rings is 1. The number of hydrogen-bond acceptors (Lipinski definition) is 5. The van der Waals surface area contributed by atoms with Crippen molar-refractivity contribution >= 4 is 44.6 Å². The van der Waals surface area contributed by atoms with Crippen molar-refractivity contribution in [1.29, 1.82) is 0 Å². The van der Waals surface area contributed by atoms with Crippen LogP contribution >= 0.6 is 22.9 Å². The molecule has 140 valence electrons. The minimum Gasteiger partial charge on any atom is -0.497 e. The lowest BCUT2D eigenvalue weighted by Crippen LogP contribution is -2.49. The number of benzene rings is 1. The van der Waals surface area contributed by atoms with Gasteiger partial charge in [-0.3, -0.25) is 4.79 Å². The van der Waals surface area contributed by atoms with Gasteiger partial charge in [-0.15, -0.1) is 11.3 Å². The molecule has 1 N–H and O–H groups in total. The monoisotopic (exact) mass is 414 g/mol. The molecule has 0 aliphatic carbocycles. The zero-order chi connectivity index (χ0) is 18.7. The van der Waals surface area contributed by atoms with Crippen LogP contribution in [0.5, 0.6) is 5.75 Å². The number of carbonyl (C=O) groups is 1. The van der Waals surface area contributed by atoms with E-state index in [0.29, 0.717) is 28.7 Å². The van der Waals surface area contributed by atoms with E-state index in [2.05, 4.69) is 5.32 Å². The van der Waals surface area contributed by atoms with E-state index in [1.165, 1.54) is 10.4 Å². The highest BCUT2D eigenvalue weighted by Gasteiger charge is 2.38. The van der Waals surface area contributed by atoms with E-state index in [1.807, 2.05) is 0 Å². The highest BCUT2D eigenvalue weighted by atomic mass is 35.5. The fraction of sp³-hybridized carbons (Fsp3) is 0.353. The molecular formula is C17H19ClN2O4S2. The van der Waals surface area contributed by atoms with Crippen molar-refractivity contribution in [3.8, 4) is 5.75 Å². The van der Waals surface area contributed by atoms with Gasteiger partial charge in [-0.1, -0.05) is 24.1 Å². The Morgan fingerprint density at radius 2 is 2.12 bits per heavy atom. The molecule has 1 aromatic heterocycles. The van der Waals surface area contributed by atoms with Gasteiger partial charge in [0, 0.05) is 18.3 Å². The molecule has 0 unspecified atom stereocenters. The predicted molar refractivity (Wildman–Crippen MR) is 102 cm³/mol. The van der Waals surface area contributed by atoms with Crippen LogP contribution in [0.1, 0.15) is 19.3 Å². The molecule has 0 bridgehead atoms. The van der Waals surface area contributed by atoms with Crippen LogP contribution in [0.4, 0.5) is 5.69 Å². The number of methoxy groups -OCH3 is 1. The zero-order valence-electron chi connectivity index (χ0n) is 14.1. The molecule has 1 atom stereocenters. The van der Waals surface area contributed by atoms with E-state index in [0.717, 1.165) is 24.2 Å². The number of rotatable bonds is 5. The van der Waals surface area contributed by atoms with Gasteiger partial charge in [0.2, 0.25) is 5.91 Å². The maximum absolute atomic E-state index is 12.9. The summed E-state index contributed by atoms with van der Waals surface area (Å²) in [4.78, 5) is 12.8. The third-order valence-electron chi connectivity index (χ3n) is 4.21. The van der Waals surface area contributed by atoms with Crippen molar-refractivity contribution in [3.05, 3.63) is 40.7 Å². The largest absolute Gasteiger partial charge is 0.497 e. The van der Waals surface area contributed by atoms with Gasteiger partial charge in [0.15, 0.2) is 0 Å². The molecular weight excluding hydrogens is 396 g/mol. The number of halogens is 1. The number of nitrogens with zero attached hydrogens (tertiary/aromatic N) is 1. The van der Waals surface area contributed by atoms with Crippen molar-refractivity contribution in [1.82, 2.24) is 4.31 Å². The van der Waals surface area contributed by atoms with Gasteiger partial charge >= 0.3 is 0 Å². The first kappa shape index (κ1) is 19.2. The smallest absolute Gasteiger partial charge is 0.253 e. The highest BCUT2D eigenvalue weighted by Crippen LogP contribution is 2.32. The summed E-state index contributed by atoms with van der Waals surface area (Å²) in [5.74, 6) is 0.272. The van der Waals surface area contributed by atoms with Crippen molar-refractivity contribution in [2.45, 2.75) is 29.5 Å². The van der Waals surface area contributed by atoms with Crippen LogP contribution in [0.2, 0.25) is 4.34 Å². The highest BCUT2D eigenvalue weighted by molar-refractivity contribution is 7.91. The number of hydrogen-bond donors (Lipinski definition) is 1. The Bertz CT molecular complexity index is 898. The van der Waals surface area contributed by atoms with Gasteiger partial charge in [-0.05, 0) is 37.1 Å². The Morgan fingerprint density at radius 1 is 1.31 bits per heavy atom. The first-order valence-corrected chi connectivity index (χ1v) is 10.8. The second-order valence-corrected chi connectivity index (χ2v) is 9.74. The molecule has 9 heteroatoms. The molecule has 3 rings (SSSR count). The molecule has 1 aromatic carbocycles. The number of anilines is 1. The quantitative estimate of drug-likeness (QED) is 0.811. The lowest BCUT2D eigenvalue weighted by Gasteiger charge is -2.33. The zero-order valence-corrected chi connectivity index (χ0v) is 16.5. The van der Waals surface area contributed by atoms with E-state index in [4.69, 9.17) is 16.3 Å². The molecule has 1 aliphatic heterocycles. The van der Waals surface area contributed by atoms with Gasteiger partial charge in [-0.2, -0.15) is 4.31 Å². The van der Waals surface area contributed by atoms with Crippen LogP contribution in [0.15, 0.2) is 40.6 Å². The number of thiophene rings is 1. The Balaban J connectivity index is 1.83. The van der Waals surface area contributed by atoms with Crippen LogP contribution in [0, 0.1) is 0 Å². The van der Waals surface area contributed by atoms with Crippen molar-refractivity contribution in [3.63, 3.8) is 0 Å². The first-order valence-electron chi connectivity index (χ1n) is 8.14. The normalized spacial score (nSPS) is 18.5. The minimum atomic E-state index is -3.76. The molecule has 0 saturated carbocycles. The summed E-state index contributed by atoms with van der Waals surface area (Å²) in [5.41, 5.74) is 0.566. The van der Waals surface area contributed by atoms with Gasteiger partial charge in [0.05, 0.1) is 11.4 Å². The minimum absolute atomic E-state index is 0.156. The molecule has 0 radical (unpaired) electrons. The summed E-state index contributed by atoms with van der Waals surface area (Å²) in [6, 6.07) is 9.24. The molecule has 1 saturated heterocycles. The molecule has 0 spiro atoms. The topological polar surface area (TPSA) is 75.7 Å². The third kappa shape index (κ3) is 4.03. The average Bonchev–Trinajstić information content (AvgIpc) is 3.09. The Hall–Kier alpha value is -1.61. The van der Waals surface area contributed by atoms with Crippen LogP contribution in [-0.2, 0) is 14.8 Å². The summed E-state index contributed by atoms with van der Waals surface area (Å²) in [6.45, 7) is 0.314. The van der Waals surface area contributed by atoms with Crippen molar-refractivity contribution in [2.24, 2.45) is 0 Å². The molecule has 26 heavy (non-hydrogen) atoms. The predicted octanol–water partition coefficient (Wildman–Crippen LogP) is 3.59. The number of ether oxygens (including phenoxy) is 1. The van der Waals surface area contributed by atoms with E-state index in [1.54, 1.807) is 37.4 Å². The second kappa shape index (κ2) is 7.96. The summed E-state index contributed by atoms with van der Waals surface area (Å²) in [7, 11) is -2.21. The van der Waals surface area contributed by atoms with Crippen LogP contribution in [-0.4, -0.2) is 38.3 Å². The van der Waals surface area contributed by atoms with Gasteiger partial charge in [0.1, 0.15) is 16.0 Å². The third-order valence-corrected chi connectivity index (χ3v) is 7.81. The fourth-order valence-corrected chi connectivity index (χ4v) is 6.20. The van der Waals surface area contributed by atoms with Crippen LogP contribution < -0.4 is 10.1 Å². The van der Waals surface area contributed by atoms with Gasteiger partial charge in [0.25, 0.3) is 10.0 Å².